The van der Waals surface area contributed by atoms with Crippen molar-refractivity contribution in [2.24, 2.45) is 5.92 Å². The molecule has 0 unspecified atom stereocenters. The Kier molecular flexibility index (Phi) is 24.9. The van der Waals surface area contributed by atoms with E-state index in [-0.39, 0.29) is 33.8 Å². The molecule has 0 atom stereocenters. The van der Waals surface area contributed by atoms with Crippen LogP contribution >= 0.6 is 0 Å². The van der Waals surface area contributed by atoms with Crippen LogP contribution in [0.25, 0.3) is 0 Å². The van der Waals surface area contributed by atoms with E-state index in [0.29, 0.717) is 0 Å². The molecule has 0 aromatic heterocycles. The molecule has 0 fully saturated rings. The molecule has 4 N–H and O–H groups in total. The average Bonchev–Trinajstić information content (AvgIpc) is 1.63. The van der Waals surface area contributed by atoms with Crippen LogP contribution in [-0.2, 0) is 32.0 Å². The van der Waals surface area contributed by atoms with Crippen LogP contribution in [0.2, 0.25) is 0 Å². The quantitative estimate of drug-likeness (QED) is 0.639. The third kappa shape index (κ3) is 54.3. The number of hydrogen-bond acceptors (Lipinski definition) is 2. The summed E-state index contributed by atoms with van der Waals surface area (Å²) in [6, 6.07) is 0. The molecule has 5 nitrogen and oxygen atoms in total. The first-order chi connectivity index (χ1) is 4.37. The fourth-order valence-corrected chi connectivity index (χ4v) is 0. The van der Waals surface area contributed by atoms with Crippen LogP contribution in [0.1, 0.15) is 20.8 Å². The maximum absolute atomic E-state index is 9.70. The predicted octanol–water partition coefficient (Wildman–Crippen LogP) is -0.00930. The molecule has 0 aromatic rings. The Labute approximate surface area is 86.6 Å². The molecule has 0 amide bonds. The molecule has 1 radical (unpaired) electrons. The number of hydrogen-bond donors (Lipinski definition) is 2. The molecular weight excluding hydrogens is 349 g/mol. The summed E-state index contributed by atoms with van der Waals surface area (Å²) in [4.78, 5) is 18.7. The van der Waals surface area contributed by atoms with E-state index in [0.717, 1.165) is 6.92 Å². The number of carboxylic acids is 2. The van der Waals surface area contributed by atoms with Gasteiger partial charge in [-0.3, -0.25) is 9.59 Å². The van der Waals surface area contributed by atoms with E-state index < -0.39 is 11.9 Å². The first-order valence-electron chi connectivity index (χ1n) is 2.80. The smallest absolute Gasteiger partial charge is 0.305 e. The fraction of sp³-hybridized carbons (Fsp3) is 0.667. The zero-order valence-corrected chi connectivity index (χ0v) is 9.26. The van der Waals surface area contributed by atoms with Crippen molar-refractivity contribution < 1.29 is 47.7 Å². The third-order valence-corrected chi connectivity index (χ3v) is 0.494. The molecule has 0 spiro atoms. The Morgan fingerprint density at radius 3 is 1.25 bits per heavy atom. The summed E-state index contributed by atoms with van der Waals surface area (Å²) >= 11 is 0. The van der Waals surface area contributed by atoms with Gasteiger partial charge >= 0.3 is 5.97 Å². The van der Waals surface area contributed by atoms with Crippen LogP contribution in [0.4, 0.5) is 0 Å². The van der Waals surface area contributed by atoms with Gasteiger partial charge in [0.15, 0.2) is 0 Å². The SMILES string of the molecule is CC(=O)O.CC(C)C(=O)O.O.[Au]. The number of carbonyl (C=O) groups is 2. The van der Waals surface area contributed by atoms with Gasteiger partial charge in [0.2, 0.25) is 0 Å². The Hall–Kier alpha value is -0.360. The summed E-state index contributed by atoms with van der Waals surface area (Å²) < 4.78 is 0. The van der Waals surface area contributed by atoms with Gasteiger partial charge in [-0.2, -0.15) is 0 Å². The molecular formula is C6H14AuO5. The van der Waals surface area contributed by atoms with Crippen molar-refractivity contribution in [1.82, 2.24) is 0 Å². The van der Waals surface area contributed by atoms with Gasteiger partial charge in [0, 0.05) is 29.3 Å². The van der Waals surface area contributed by atoms with E-state index in [1.807, 2.05) is 0 Å². The van der Waals surface area contributed by atoms with Crippen molar-refractivity contribution in [2.45, 2.75) is 20.8 Å². The van der Waals surface area contributed by atoms with Crippen LogP contribution in [0.15, 0.2) is 0 Å². The second-order valence-electron chi connectivity index (χ2n) is 2.01. The number of aliphatic carboxylic acids is 2. The van der Waals surface area contributed by atoms with E-state index in [4.69, 9.17) is 15.0 Å². The van der Waals surface area contributed by atoms with Gasteiger partial charge in [-0.15, -0.1) is 0 Å². The Morgan fingerprint density at radius 2 is 1.25 bits per heavy atom. The van der Waals surface area contributed by atoms with Crippen LogP contribution < -0.4 is 0 Å². The largest absolute Gasteiger partial charge is 0.481 e. The topological polar surface area (TPSA) is 106 Å². The van der Waals surface area contributed by atoms with Crippen LogP contribution in [-0.4, -0.2) is 27.6 Å². The van der Waals surface area contributed by atoms with Crippen molar-refractivity contribution in [1.29, 1.82) is 0 Å². The van der Waals surface area contributed by atoms with Gasteiger partial charge in [-0.25, -0.2) is 0 Å². The van der Waals surface area contributed by atoms with Crippen molar-refractivity contribution in [3.05, 3.63) is 0 Å². The number of rotatable bonds is 1. The second-order valence-corrected chi connectivity index (χ2v) is 2.01. The van der Waals surface area contributed by atoms with E-state index in [1.165, 1.54) is 0 Å². The van der Waals surface area contributed by atoms with Crippen molar-refractivity contribution >= 4 is 11.9 Å². The van der Waals surface area contributed by atoms with E-state index in [2.05, 4.69) is 0 Å². The van der Waals surface area contributed by atoms with Crippen molar-refractivity contribution in [2.75, 3.05) is 0 Å². The zero-order valence-electron chi connectivity index (χ0n) is 7.09. The van der Waals surface area contributed by atoms with E-state index in [1.54, 1.807) is 13.8 Å². The van der Waals surface area contributed by atoms with Crippen LogP contribution in [0.5, 0.6) is 0 Å². The van der Waals surface area contributed by atoms with Crippen LogP contribution in [0.3, 0.4) is 0 Å². The molecule has 0 rings (SSSR count). The minimum atomic E-state index is -0.833. The fourth-order valence-electron chi connectivity index (χ4n) is 0. The maximum atomic E-state index is 9.70. The average molecular weight is 363 g/mol. The van der Waals surface area contributed by atoms with Gasteiger partial charge in [0.05, 0.1) is 5.92 Å². The summed E-state index contributed by atoms with van der Waals surface area (Å²) in [6.07, 6.45) is 0. The molecule has 0 aliphatic carbocycles. The summed E-state index contributed by atoms with van der Waals surface area (Å²) in [6.45, 7) is 4.37. The molecule has 6 heteroatoms. The van der Waals surface area contributed by atoms with Crippen molar-refractivity contribution in [3.63, 3.8) is 0 Å². The standard InChI is InChI=1S/C4H8O2.C2H4O2.Au.H2O/c1-3(2)4(5)6;1-2(3)4;;/h3H,1-2H3,(H,5,6);1H3,(H,3,4);;1H2. The van der Waals surface area contributed by atoms with Gasteiger partial charge in [-0.1, -0.05) is 13.8 Å². The summed E-state index contributed by atoms with van der Waals surface area (Å²) in [5, 5.41) is 15.4. The maximum Gasteiger partial charge on any atom is 0.305 e. The molecule has 0 heterocycles. The molecule has 0 bridgehead atoms. The predicted molar refractivity (Wildman–Crippen MR) is 39.4 cm³/mol. The molecule has 0 saturated heterocycles. The van der Waals surface area contributed by atoms with E-state index in [9.17, 15) is 4.79 Å². The second kappa shape index (κ2) is 13.2. The summed E-state index contributed by atoms with van der Waals surface area (Å²) in [5.41, 5.74) is 0. The zero-order chi connectivity index (χ0) is 8.73. The Balaban J connectivity index is -0.0000000483. The molecule has 0 saturated carbocycles. The normalized spacial score (nSPS) is 6.67. The molecule has 0 aromatic carbocycles. The first kappa shape index (κ1) is 22.6. The molecule has 12 heavy (non-hydrogen) atoms. The van der Waals surface area contributed by atoms with Gasteiger partial charge < -0.3 is 15.7 Å². The number of carboxylic acid groups (broad SMARTS) is 2. The van der Waals surface area contributed by atoms with Gasteiger partial charge in [0.25, 0.3) is 5.97 Å². The monoisotopic (exact) mass is 363 g/mol. The summed E-state index contributed by atoms with van der Waals surface area (Å²) in [7, 11) is 0. The molecule has 0 aliphatic heterocycles. The minimum Gasteiger partial charge on any atom is -0.481 e. The minimum absolute atomic E-state index is 0. The first-order valence-corrected chi connectivity index (χ1v) is 2.80. The Bertz CT molecular complexity index is 119. The molecule has 79 valence electrons. The van der Waals surface area contributed by atoms with Crippen molar-refractivity contribution in [3.8, 4) is 0 Å². The van der Waals surface area contributed by atoms with Gasteiger partial charge in [-0.05, 0) is 0 Å². The van der Waals surface area contributed by atoms with Crippen LogP contribution in [0, 0.1) is 5.92 Å². The Morgan fingerprint density at radius 1 is 1.17 bits per heavy atom. The third-order valence-electron chi connectivity index (χ3n) is 0.494. The molecule has 0 aliphatic rings. The van der Waals surface area contributed by atoms with E-state index >= 15 is 0 Å². The summed E-state index contributed by atoms with van der Waals surface area (Å²) in [5.74, 6) is -1.81. The van der Waals surface area contributed by atoms with Gasteiger partial charge in [0.1, 0.15) is 0 Å².